The normalized spacial score (nSPS) is 11.9. The molecule has 1 aromatic heterocycles. The number of para-hydroxylation sites is 1. The summed E-state index contributed by atoms with van der Waals surface area (Å²) in [7, 11) is -3.31. The maximum Gasteiger partial charge on any atom is 0.181 e. The Hall–Kier alpha value is -1.13. The van der Waals surface area contributed by atoms with Crippen molar-refractivity contribution in [3.8, 4) is 0 Å². The zero-order chi connectivity index (χ0) is 11.8. The Morgan fingerprint density at radius 1 is 1.31 bits per heavy atom. The number of fused-ring (bicyclic) bond motifs is 1. The second kappa shape index (κ2) is 4.03. The quantitative estimate of drug-likeness (QED) is 0.775. The average molecular weight is 256 g/mol. The molecule has 2 rings (SSSR count). The average Bonchev–Trinajstić information content (AvgIpc) is 2.28. The third-order valence-electron chi connectivity index (χ3n) is 2.36. The largest absolute Gasteiger partial charge is 0.235 e. The molecule has 3 nitrogen and oxygen atoms in total. The number of aromatic nitrogens is 1. The molecule has 1 aromatic carbocycles. The van der Waals surface area contributed by atoms with Gasteiger partial charge in [0.15, 0.2) is 9.84 Å². The fourth-order valence-corrected chi connectivity index (χ4v) is 2.86. The van der Waals surface area contributed by atoms with E-state index >= 15 is 0 Å². The van der Waals surface area contributed by atoms with Crippen molar-refractivity contribution >= 4 is 32.3 Å². The number of halogens is 1. The summed E-state index contributed by atoms with van der Waals surface area (Å²) in [6.45, 7) is 1.58. The van der Waals surface area contributed by atoms with Gasteiger partial charge >= 0.3 is 0 Å². The Kier molecular flexibility index (Phi) is 2.86. The number of benzene rings is 1. The zero-order valence-corrected chi connectivity index (χ0v) is 10.2. The fraction of sp³-hybridized carbons (Fsp3) is 0.182. The summed E-state index contributed by atoms with van der Waals surface area (Å²) < 4.78 is 23.5. The van der Waals surface area contributed by atoms with Crippen LogP contribution in [0.4, 0.5) is 0 Å². The fourth-order valence-electron chi connectivity index (χ4n) is 1.45. The molecule has 0 spiro atoms. The minimum absolute atomic E-state index is 0.0206. The molecule has 0 saturated carbocycles. The Morgan fingerprint density at radius 2 is 2.00 bits per heavy atom. The summed E-state index contributed by atoms with van der Waals surface area (Å²) in [5, 5.41) is 0.819. The molecule has 0 aliphatic rings. The van der Waals surface area contributed by atoms with Crippen molar-refractivity contribution in [3.63, 3.8) is 0 Å². The molecule has 0 aliphatic heterocycles. The smallest absolute Gasteiger partial charge is 0.181 e. The highest BCUT2D eigenvalue weighted by Gasteiger charge is 2.17. The molecule has 0 amide bonds. The molecular formula is C11H10ClNO2S. The van der Waals surface area contributed by atoms with Gasteiger partial charge in [-0.3, -0.25) is 0 Å². The van der Waals surface area contributed by atoms with E-state index in [4.69, 9.17) is 11.6 Å². The molecule has 0 radical (unpaired) electrons. The molecule has 5 heteroatoms. The Labute approximate surface area is 99.0 Å². The highest BCUT2D eigenvalue weighted by Crippen LogP contribution is 2.25. The Balaban J connectivity index is 2.78. The molecule has 0 unspecified atom stereocenters. The van der Waals surface area contributed by atoms with Gasteiger partial charge in [-0.2, -0.15) is 0 Å². The lowest BCUT2D eigenvalue weighted by atomic mass is 10.2. The van der Waals surface area contributed by atoms with E-state index in [1.165, 1.54) is 0 Å². The molecule has 0 bridgehead atoms. The third kappa shape index (κ3) is 1.90. The number of nitrogens with zero attached hydrogens (tertiary/aromatic N) is 1. The predicted molar refractivity (Wildman–Crippen MR) is 64.5 cm³/mol. The number of hydrogen-bond acceptors (Lipinski definition) is 3. The number of sulfone groups is 1. The molecular weight excluding hydrogens is 246 g/mol. The van der Waals surface area contributed by atoms with E-state index in [0.29, 0.717) is 5.52 Å². The van der Waals surface area contributed by atoms with Crippen LogP contribution in [-0.4, -0.2) is 19.2 Å². The van der Waals surface area contributed by atoms with Gasteiger partial charge in [0, 0.05) is 5.39 Å². The van der Waals surface area contributed by atoms with Crippen LogP contribution in [0.1, 0.15) is 6.92 Å². The van der Waals surface area contributed by atoms with Crippen LogP contribution in [-0.2, 0) is 9.84 Å². The van der Waals surface area contributed by atoms with Gasteiger partial charge < -0.3 is 0 Å². The highest BCUT2D eigenvalue weighted by atomic mass is 35.5. The maximum absolute atomic E-state index is 11.7. The first-order chi connectivity index (χ1) is 7.54. The van der Waals surface area contributed by atoms with Crippen LogP contribution >= 0.6 is 11.6 Å². The van der Waals surface area contributed by atoms with Crippen LogP contribution in [0.3, 0.4) is 0 Å². The van der Waals surface area contributed by atoms with E-state index in [-0.39, 0.29) is 15.8 Å². The zero-order valence-electron chi connectivity index (χ0n) is 8.64. The van der Waals surface area contributed by atoms with E-state index in [9.17, 15) is 8.42 Å². The molecule has 16 heavy (non-hydrogen) atoms. The Morgan fingerprint density at radius 3 is 2.69 bits per heavy atom. The summed E-state index contributed by atoms with van der Waals surface area (Å²) >= 11 is 5.88. The molecule has 0 fully saturated rings. The number of pyridine rings is 1. The van der Waals surface area contributed by atoms with E-state index in [2.05, 4.69) is 4.98 Å². The first kappa shape index (κ1) is 11.4. The van der Waals surface area contributed by atoms with Gasteiger partial charge in [0.25, 0.3) is 0 Å². The Bertz CT molecular complexity index is 637. The first-order valence-corrected chi connectivity index (χ1v) is 6.85. The van der Waals surface area contributed by atoms with Gasteiger partial charge in [0.2, 0.25) is 0 Å². The summed E-state index contributed by atoms with van der Waals surface area (Å²) in [5.41, 5.74) is 0.697. The van der Waals surface area contributed by atoms with Crippen molar-refractivity contribution in [1.82, 2.24) is 4.98 Å². The molecule has 0 N–H and O–H groups in total. The van der Waals surface area contributed by atoms with Gasteiger partial charge in [0.1, 0.15) is 10.0 Å². The van der Waals surface area contributed by atoms with Crippen LogP contribution in [0, 0.1) is 0 Å². The molecule has 84 valence electrons. The number of rotatable bonds is 2. The summed E-state index contributed by atoms with van der Waals surface area (Å²) in [4.78, 5) is 4.18. The lowest BCUT2D eigenvalue weighted by molar-refractivity contribution is 0.597. The van der Waals surface area contributed by atoms with Crippen molar-refractivity contribution in [2.75, 3.05) is 5.75 Å². The second-order valence-corrected chi connectivity index (χ2v) is 5.98. The standard InChI is InChI=1S/C11H10ClNO2S/c1-2-16(14,15)10-7-8-5-3-4-6-9(8)13-11(10)12/h3-7H,2H2,1H3. The van der Waals surface area contributed by atoms with Gasteiger partial charge in [-0.25, -0.2) is 13.4 Å². The minimum atomic E-state index is -3.31. The van der Waals surface area contributed by atoms with Gasteiger partial charge in [-0.15, -0.1) is 0 Å². The molecule has 0 saturated heterocycles. The van der Waals surface area contributed by atoms with Crippen LogP contribution in [0.25, 0.3) is 10.9 Å². The van der Waals surface area contributed by atoms with Gasteiger partial charge in [0.05, 0.1) is 11.3 Å². The minimum Gasteiger partial charge on any atom is -0.235 e. The molecule has 0 aliphatic carbocycles. The van der Waals surface area contributed by atoms with Gasteiger partial charge in [-0.1, -0.05) is 36.7 Å². The summed E-state index contributed by atoms with van der Waals surface area (Å²) in [6.07, 6.45) is 0. The topological polar surface area (TPSA) is 47.0 Å². The monoisotopic (exact) mass is 255 g/mol. The van der Waals surface area contributed by atoms with E-state index in [0.717, 1.165) is 5.39 Å². The lowest BCUT2D eigenvalue weighted by Gasteiger charge is -2.05. The second-order valence-electron chi connectivity index (χ2n) is 3.37. The molecule has 2 aromatic rings. The van der Waals surface area contributed by atoms with E-state index in [1.54, 1.807) is 19.1 Å². The SMILES string of the molecule is CCS(=O)(=O)c1cc2ccccc2nc1Cl. The van der Waals surface area contributed by atoms with Crippen LogP contribution < -0.4 is 0 Å². The van der Waals surface area contributed by atoms with Crippen molar-refractivity contribution in [2.24, 2.45) is 0 Å². The van der Waals surface area contributed by atoms with Crippen molar-refractivity contribution in [2.45, 2.75) is 11.8 Å². The summed E-state index contributed by atoms with van der Waals surface area (Å²) in [5.74, 6) is 0.0206. The predicted octanol–water partition coefficient (Wildman–Crippen LogP) is 2.68. The highest BCUT2D eigenvalue weighted by molar-refractivity contribution is 7.91. The first-order valence-electron chi connectivity index (χ1n) is 4.82. The molecule has 0 atom stereocenters. The maximum atomic E-state index is 11.7. The van der Waals surface area contributed by atoms with Crippen LogP contribution in [0.15, 0.2) is 35.2 Å². The van der Waals surface area contributed by atoms with Crippen molar-refractivity contribution in [3.05, 3.63) is 35.5 Å². The third-order valence-corrected chi connectivity index (χ3v) is 4.50. The molecule has 1 heterocycles. The van der Waals surface area contributed by atoms with Gasteiger partial charge in [-0.05, 0) is 12.1 Å². The van der Waals surface area contributed by atoms with Crippen molar-refractivity contribution in [1.29, 1.82) is 0 Å². The van der Waals surface area contributed by atoms with Crippen LogP contribution in [0.5, 0.6) is 0 Å². The van der Waals surface area contributed by atoms with Crippen molar-refractivity contribution < 1.29 is 8.42 Å². The summed E-state index contributed by atoms with van der Waals surface area (Å²) in [6, 6.07) is 8.85. The number of hydrogen-bond donors (Lipinski definition) is 0. The van der Waals surface area contributed by atoms with E-state index in [1.807, 2.05) is 18.2 Å². The van der Waals surface area contributed by atoms with Crippen LogP contribution in [0.2, 0.25) is 5.15 Å². The van der Waals surface area contributed by atoms with E-state index < -0.39 is 9.84 Å². The lowest BCUT2D eigenvalue weighted by Crippen LogP contribution is -2.05.